The first-order valence-corrected chi connectivity index (χ1v) is 9.31. The van der Waals surface area contributed by atoms with E-state index in [9.17, 15) is 14.4 Å². The Morgan fingerprint density at radius 3 is 2.41 bits per heavy atom. The Bertz CT molecular complexity index is 850. The number of hydrogen-bond donors (Lipinski definition) is 4. The molecule has 0 spiro atoms. The first-order chi connectivity index (χ1) is 13.0. The number of anilines is 2. The van der Waals surface area contributed by atoms with Crippen LogP contribution >= 0.6 is 15.9 Å². The van der Waals surface area contributed by atoms with Crippen LogP contribution in [0.15, 0.2) is 53.0 Å². The first kappa shape index (κ1) is 18.9. The number of halogens is 1. The van der Waals surface area contributed by atoms with Gasteiger partial charge in [0.15, 0.2) is 0 Å². The van der Waals surface area contributed by atoms with Gasteiger partial charge in [-0.15, -0.1) is 0 Å². The number of para-hydroxylation sites is 1. The van der Waals surface area contributed by atoms with Gasteiger partial charge in [-0.05, 0) is 49.2 Å². The molecule has 0 radical (unpaired) electrons. The maximum absolute atomic E-state index is 12.2. The van der Waals surface area contributed by atoms with Crippen molar-refractivity contribution in [1.82, 2.24) is 10.6 Å². The van der Waals surface area contributed by atoms with E-state index in [1.807, 2.05) is 0 Å². The van der Waals surface area contributed by atoms with Gasteiger partial charge in [0, 0.05) is 21.9 Å². The number of benzene rings is 2. The van der Waals surface area contributed by atoms with Gasteiger partial charge in [-0.1, -0.05) is 28.1 Å². The maximum atomic E-state index is 12.2. The lowest BCUT2D eigenvalue weighted by Gasteiger charge is -2.12. The number of rotatable bonds is 6. The molecule has 27 heavy (non-hydrogen) atoms. The van der Waals surface area contributed by atoms with E-state index in [-0.39, 0.29) is 18.5 Å². The van der Waals surface area contributed by atoms with Gasteiger partial charge < -0.3 is 16.0 Å². The van der Waals surface area contributed by atoms with Crippen molar-refractivity contribution in [2.45, 2.75) is 18.9 Å². The molecule has 2 aromatic carbocycles. The Morgan fingerprint density at radius 2 is 1.70 bits per heavy atom. The molecule has 4 N–H and O–H groups in total. The second kappa shape index (κ2) is 8.68. The molecule has 140 valence electrons. The minimum atomic E-state index is -0.621. The highest BCUT2D eigenvalue weighted by Crippen LogP contribution is 2.21. The summed E-state index contributed by atoms with van der Waals surface area (Å²) in [5.74, 6) is -0.684. The van der Waals surface area contributed by atoms with Gasteiger partial charge in [0.05, 0.1) is 12.1 Å². The van der Waals surface area contributed by atoms with Crippen LogP contribution in [0.2, 0.25) is 0 Å². The van der Waals surface area contributed by atoms with E-state index in [1.54, 1.807) is 48.5 Å². The van der Waals surface area contributed by atoms with Gasteiger partial charge in [0.1, 0.15) is 0 Å². The summed E-state index contributed by atoms with van der Waals surface area (Å²) < 4.78 is 0.887. The normalized spacial score (nSPS) is 12.8. The molecular weight excluding hydrogens is 412 g/mol. The van der Waals surface area contributed by atoms with Crippen LogP contribution in [0.3, 0.4) is 0 Å². The molecule has 0 heterocycles. The molecule has 1 aliphatic rings. The van der Waals surface area contributed by atoms with Crippen molar-refractivity contribution in [1.29, 1.82) is 0 Å². The first-order valence-electron chi connectivity index (χ1n) is 8.51. The lowest BCUT2D eigenvalue weighted by Crippen LogP contribution is -2.38. The predicted octanol–water partition coefficient (Wildman–Crippen LogP) is 3.10. The smallest absolute Gasteiger partial charge is 0.325 e. The Labute approximate surface area is 165 Å². The number of nitrogens with one attached hydrogen (secondary N) is 4. The minimum Gasteiger partial charge on any atom is -0.375 e. The van der Waals surface area contributed by atoms with Gasteiger partial charge in [-0.2, -0.15) is 0 Å². The molecular formula is C19H19BrN4O3. The molecule has 0 bridgehead atoms. The Morgan fingerprint density at radius 1 is 1.00 bits per heavy atom. The van der Waals surface area contributed by atoms with Gasteiger partial charge >= 0.3 is 6.03 Å². The molecule has 0 saturated heterocycles. The third kappa shape index (κ3) is 5.82. The van der Waals surface area contributed by atoms with Gasteiger partial charge in [0.2, 0.25) is 5.91 Å². The zero-order valence-corrected chi connectivity index (χ0v) is 16.0. The summed E-state index contributed by atoms with van der Waals surface area (Å²) in [5.41, 5.74) is 1.58. The summed E-state index contributed by atoms with van der Waals surface area (Å²) in [4.78, 5) is 36.1. The fourth-order valence-electron chi connectivity index (χ4n) is 2.37. The van der Waals surface area contributed by atoms with E-state index in [2.05, 4.69) is 37.2 Å². The summed E-state index contributed by atoms with van der Waals surface area (Å²) in [5, 5.41) is 10.6. The van der Waals surface area contributed by atoms with E-state index in [1.165, 1.54) is 0 Å². The van der Waals surface area contributed by atoms with Crippen molar-refractivity contribution >= 4 is 45.2 Å². The van der Waals surface area contributed by atoms with Crippen molar-refractivity contribution in [3.05, 3.63) is 58.6 Å². The molecule has 1 saturated carbocycles. The second-order valence-corrected chi connectivity index (χ2v) is 7.07. The number of hydrogen-bond acceptors (Lipinski definition) is 4. The molecule has 4 amide bonds. The monoisotopic (exact) mass is 430 g/mol. The lowest BCUT2D eigenvalue weighted by molar-refractivity contribution is -0.118. The minimum absolute atomic E-state index is 0.137. The largest absolute Gasteiger partial charge is 0.375 e. The van der Waals surface area contributed by atoms with E-state index < -0.39 is 11.9 Å². The van der Waals surface area contributed by atoms with Crippen molar-refractivity contribution in [2.75, 3.05) is 17.2 Å². The standard InChI is InChI=1S/C19H19BrN4O3/c20-12-5-7-14(8-6-12)23-19(27)24-17(25)11-21-16-4-2-1-3-15(16)18(26)22-13-9-10-13/h1-8,13,21H,9-11H2,(H,22,26)(H2,23,24,25,27). The second-order valence-electron chi connectivity index (χ2n) is 6.16. The van der Waals surface area contributed by atoms with Crippen LogP contribution in [0.1, 0.15) is 23.2 Å². The summed E-state index contributed by atoms with van der Waals surface area (Å²) in [6.45, 7) is -0.137. The average molecular weight is 431 g/mol. The zero-order chi connectivity index (χ0) is 19.2. The van der Waals surface area contributed by atoms with Crippen LogP contribution in [0.4, 0.5) is 16.2 Å². The van der Waals surface area contributed by atoms with E-state index in [0.717, 1.165) is 17.3 Å². The highest BCUT2D eigenvalue weighted by molar-refractivity contribution is 9.10. The molecule has 0 aliphatic heterocycles. The van der Waals surface area contributed by atoms with Gasteiger partial charge in [-0.3, -0.25) is 14.9 Å². The van der Waals surface area contributed by atoms with Crippen LogP contribution in [0, 0.1) is 0 Å². The van der Waals surface area contributed by atoms with Crippen LogP contribution in [-0.4, -0.2) is 30.4 Å². The summed E-state index contributed by atoms with van der Waals surface area (Å²) in [6, 6.07) is 13.6. The van der Waals surface area contributed by atoms with Crippen LogP contribution < -0.4 is 21.3 Å². The third-order valence-corrected chi connectivity index (χ3v) is 4.41. The summed E-state index contributed by atoms with van der Waals surface area (Å²) in [7, 11) is 0. The SMILES string of the molecule is O=C(CNc1ccccc1C(=O)NC1CC1)NC(=O)Nc1ccc(Br)cc1. The number of carbonyl (C=O) groups is 3. The van der Waals surface area contributed by atoms with Crippen molar-refractivity contribution in [2.24, 2.45) is 0 Å². The van der Waals surface area contributed by atoms with Gasteiger partial charge in [0.25, 0.3) is 5.91 Å². The molecule has 8 heteroatoms. The topological polar surface area (TPSA) is 99.3 Å². The molecule has 7 nitrogen and oxygen atoms in total. The average Bonchev–Trinajstić information content (AvgIpc) is 3.46. The van der Waals surface area contributed by atoms with E-state index in [0.29, 0.717) is 16.9 Å². The number of urea groups is 1. The lowest BCUT2D eigenvalue weighted by atomic mass is 10.1. The zero-order valence-electron chi connectivity index (χ0n) is 14.4. The molecule has 0 atom stereocenters. The maximum Gasteiger partial charge on any atom is 0.325 e. The molecule has 0 unspecified atom stereocenters. The number of amides is 4. The summed E-state index contributed by atoms with van der Waals surface area (Å²) in [6.07, 6.45) is 1.99. The van der Waals surface area contributed by atoms with Crippen molar-refractivity contribution in [3.8, 4) is 0 Å². The third-order valence-electron chi connectivity index (χ3n) is 3.88. The van der Waals surface area contributed by atoms with Crippen LogP contribution in [0.5, 0.6) is 0 Å². The van der Waals surface area contributed by atoms with E-state index >= 15 is 0 Å². The molecule has 0 aromatic heterocycles. The van der Waals surface area contributed by atoms with Crippen LogP contribution in [-0.2, 0) is 4.79 Å². The Kier molecular flexibility index (Phi) is 6.08. The fourth-order valence-corrected chi connectivity index (χ4v) is 2.63. The molecule has 1 fully saturated rings. The number of carbonyl (C=O) groups excluding carboxylic acids is 3. The number of imide groups is 1. The fraction of sp³-hybridized carbons (Fsp3) is 0.211. The van der Waals surface area contributed by atoms with E-state index in [4.69, 9.17) is 0 Å². The van der Waals surface area contributed by atoms with Crippen molar-refractivity contribution in [3.63, 3.8) is 0 Å². The highest BCUT2D eigenvalue weighted by Gasteiger charge is 2.24. The van der Waals surface area contributed by atoms with Gasteiger partial charge in [-0.25, -0.2) is 4.79 Å². The Hall–Kier alpha value is -2.87. The van der Waals surface area contributed by atoms with Crippen molar-refractivity contribution < 1.29 is 14.4 Å². The van der Waals surface area contributed by atoms with Crippen LogP contribution in [0.25, 0.3) is 0 Å². The predicted molar refractivity (Wildman–Crippen MR) is 107 cm³/mol. The highest BCUT2D eigenvalue weighted by atomic mass is 79.9. The molecule has 3 rings (SSSR count). The summed E-state index contributed by atoms with van der Waals surface area (Å²) >= 11 is 3.31. The quantitative estimate of drug-likeness (QED) is 0.565. The molecule has 1 aliphatic carbocycles. The Balaban J connectivity index is 1.50. The molecule has 2 aromatic rings.